The highest BCUT2D eigenvalue weighted by molar-refractivity contribution is 5.89. The van der Waals surface area contributed by atoms with Gasteiger partial charge in [0.15, 0.2) is 0 Å². The average Bonchev–Trinajstić information content (AvgIpc) is 2.33. The molecule has 19 heavy (non-hydrogen) atoms. The van der Waals surface area contributed by atoms with E-state index in [1.165, 1.54) is 0 Å². The van der Waals surface area contributed by atoms with Crippen molar-refractivity contribution in [1.82, 2.24) is 0 Å². The summed E-state index contributed by atoms with van der Waals surface area (Å²) in [5, 5.41) is 30.2. The Bertz CT molecular complexity index is 639. The van der Waals surface area contributed by atoms with Crippen molar-refractivity contribution in [3.63, 3.8) is 0 Å². The third-order valence-corrected chi connectivity index (χ3v) is 3.29. The first kappa shape index (κ1) is 13.2. The molecule has 0 aromatic heterocycles. The molecule has 0 unspecified atom stereocenters. The lowest BCUT2D eigenvalue weighted by atomic mass is 9.84. The van der Waals surface area contributed by atoms with Crippen LogP contribution in [-0.2, 0) is 11.2 Å². The van der Waals surface area contributed by atoms with Crippen molar-refractivity contribution in [2.24, 2.45) is 5.41 Å². The Kier molecular flexibility index (Phi) is 3.10. The molecule has 0 aliphatic heterocycles. The topological polar surface area (TPSA) is 77.8 Å². The fourth-order valence-electron chi connectivity index (χ4n) is 2.06. The van der Waals surface area contributed by atoms with Crippen LogP contribution in [0.25, 0.3) is 10.8 Å². The molecule has 0 radical (unpaired) electrons. The number of carboxylic acid groups (broad SMARTS) is 1. The highest BCUT2D eigenvalue weighted by atomic mass is 16.4. The molecule has 3 N–H and O–H groups in total. The average molecular weight is 260 g/mol. The van der Waals surface area contributed by atoms with E-state index in [4.69, 9.17) is 0 Å². The van der Waals surface area contributed by atoms with Crippen LogP contribution in [0.1, 0.15) is 19.4 Å². The van der Waals surface area contributed by atoms with E-state index in [1.54, 1.807) is 44.2 Å². The number of aromatic hydroxyl groups is 2. The Balaban J connectivity index is 2.61. The summed E-state index contributed by atoms with van der Waals surface area (Å²) in [6, 6.07) is 8.13. The standard InChI is InChI=1S/C15H16O4/c1-15(2,14(18)19)8-12-11-7-10(16)5-3-9(11)4-6-13(12)17/h3-7,16-17H,8H2,1-2H3,(H,18,19). The van der Waals surface area contributed by atoms with Crippen molar-refractivity contribution in [1.29, 1.82) is 0 Å². The highest BCUT2D eigenvalue weighted by Gasteiger charge is 2.29. The van der Waals surface area contributed by atoms with Crippen LogP contribution in [-0.4, -0.2) is 21.3 Å². The number of hydrogen-bond acceptors (Lipinski definition) is 3. The van der Waals surface area contributed by atoms with E-state index in [1.807, 2.05) is 0 Å². The zero-order chi connectivity index (χ0) is 14.2. The van der Waals surface area contributed by atoms with Gasteiger partial charge in [0.25, 0.3) is 0 Å². The second-order valence-corrected chi connectivity index (χ2v) is 5.33. The molecule has 4 heteroatoms. The number of carbonyl (C=O) groups is 1. The quantitative estimate of drug-likeness (QED) is 0.793. The van der Waals surface area contributed by atoms with Gasteiger partial charge in [-0.1, -0.05) is 12.1 Å². The number of rotatable bonds is 3. The molecular weight excluding hydrogens is 244 g/mol. The van der Waals surface area contributed by atoms with Gasteiger partial charge in [0.05, 0.1) is 5.41 Å². The van der Waals surface area contributed by atoms with Crippen LogP contribution in [0.4, 0.5) is 0 Å². The number of carboxylic acids is 1. The molecule has 0 saturated carbocycles. The normalized spacial score (nSPS) is 11.7. The van der Waals surface area contributed by atoms with Gasteiger partial charge in [0, 0.05) is 5.56 Å². The van der Waals surface area contributed by atoms with Crippen LogP contribution in [0.2, 0.25) is 0 Å². The van der Waals surface area contributed by atoms with E-state index >= 15 is 0 Å². The summed E-state index contributed by atoms with van der Waals surface area (Å²) < 4.78 is 0. The zero-order valence-electron chi connectivity index (χ0n) is 10.8. The molecule has 0 atom stereocenters. The van der Waals surface area contributed by atoms with Crippen LogP contribution < -0.4 is 0 Å². The Morgan fingerprint density at radius 1 is 1.16 bits per heavy atom. The maximum Gasteiger partial charge on any atom is 0.309 e. The van der Waals surface area contributed by atoms with E-state index in [9.17, 15) is 20.1 Å². The van der Waals surface area contributed by atoms with Crippen LogP contribution in [0.5, 0.6) is 11.5 Å². The highest BCUT2D eigenvalue weighted by Crippen LogP contribution is 2.34. The minimum absolute atomic E-state index is 0.0485. The summed E-state index contributed by atoms with van der Waals surface area (Å²) >= 11 is 0. The van der Waals surface area contributed by atoms with Crippen molar-refractivity contribution < 1.29 is 20.1 Å². The van der Waals surface area contributed by atoms with Gasteiger partial charge in [-0.3, -0.25) is 4.79 Å². The predicted octanol–water partition coefficient (Wildman–Crippen LogP) is 2.90. The lowest BCUT2D eigenvalue weighted by molar-refractivity contribution is -0.146. The number of phenolic OH excluding ortho intramolecular Hbond substituents is 2. The van der Waals surface area contributed by atoms with Gasteiger partial charge >= 0.3 is 5.97 Å². The van der Waals surface area contributed by atoms with Gasteiger partial charge in [-0.05, 0) is 49.2 Å². The summed E-state index contributed by atoms with van der Waals surface area (Å²) in [6.07, 6.45) is 0.189. The third-order valence-electron chi connectivity index (χ3n) is 3.29. The first-order valence-electron chi connectivity index (χ1n) is 5.98. The third kappa shape index (κ3) is 2.47. The fourth-order valence-corrected chi connectivity index (χ4v) is 2.06. The monoisotopic (exact) mass is 260 g/mol. The molecule has 2 aromatic rings. The lowest BCUT2D eigenvalue weighted by Crippen LogP contribution is -2.26. The van der Waals surface area contributed by atoms with Gasteiger partial charge in [-0.2, -0.15) is 0 Å². The molecular formula is C15H16O4. The van der Waals surface area contributed by atoms with Crippen molar-refractivity contribution >= 4 is 16.7 Å². The molecule has 0 fully saturated rings. The predicted molar refractivity (Wildman–Crippen MR) is 72.4 cm³/mol. The fraction of sp³-hybridized carbons (Fsp3) is 0.267. The second kappa shape index (κ2) is 4.46. The molecule has 0 saturated heterocycles. The molecule has 0 heterocycles. The number of benzene rings is 2. The Morgan fingerprint density at radius 3 is 2.42 bits per heavy atom. The Morgan fingerprint density at radius 2 is 1.79 bits per heavy atom. The number of fused-ring (bicyclic) bond motifs is 1. The van der Waals surface area contributed by atoms with E-state index in [-0.39, 0.29) is 17.9 Å². The summed E-state index contributed by atoms with van der Waals surface area (Å²) in [5.74, 6) is -0.788. The smallest absolute Gasteiger partial charge is 0.309 e. The van der Waals surface area contributed by atoms with E-state index in [2.05, 4.69) is 0 Å². The Labute approximate surface area is 110 Å². The molecule has 0 aliphatic rings. The number of hydrogen-bond donors (Lipinski definition) is 3. The van der Waals surface area contributed by atoms with Gasteiger partial charge in [-0.15, -0.1) is 0 Å². The first-order chi connectivity index (χ1) is 8.81. The molecule has 0 aliphatic carbocycles. The van der Waals surface area contributed by atoms with Crippen molar-refractivity contribution in [2.75, 3.05) is 0 Å². The maximum atomic E-state index is 11.2. The largest absolute Gasteiger partial charge is 0.508 e. The van der Waals surface area contributed by atoms with Gasteiger partial charge in [0.2, 0.25) is 0 Å². The van der Waals surface area contributed by atoms with Gasteiger partial charge < -0.3 is 15.3 Å². The number of phenols is 2. The van der Waals surface area contributed by atoms with E-state index < -0.39 is 11.4 Å². The van der Waals surface area contributed by atoms with E-state index in [0.29, 0.717) is 10.9 Å². The summed E-state index contributed by atoms with van der Waals surface area (Å²) in [5.41, 5.74) is -0.446. The molecule has 0 spiro atoms. The molecule has 2 rings (SSSR count). The molecule has 2 aromatic carbocycles. The number of aliphatic carboxylic acids is 1. The minimum atomic E-state index is -0.989. The van der Waals surface area contributed by atoms with Crippen molar-refractivity contribution in [2.45, 2.75) is 20.3 Å². The lowest BCUT2D eigenvalue weighted by Gasteiger charge is -2.21. The van der Waals surface area contributed by atoms with Crippen molar-refractivity contribution in [3.8, 4) is 11.5 Å². The van der Waals surface area contributed by atoms with Crippen molar-refractivity contribution in [3.05, 3.63) is 35.9 Å². The summed E-state index contributed by atoms with van der Waals surface area (Å²) in [4.78, 5) is 11.2. The zero-order valence-corrected chi connectivity index (χ0v) is 10.8. The molecule has 0 bridgehead atoms. The molecule has 100 valence electrons. The van der Waals surface area contributed by atoms with Crippen LogP contribution in [0.3, 0.4) is 0 Å². The first-order valence-corrected chi connectivity index (χ1v) is 5.98. The van der Waals surface area contributed by atoms with Crippen LogP contribution in [0, 0.1) is 5.41 Å². The minimum Gasteiger partial charge on any atom is -0.508 e. The maximum absolute atomic E-state index is 11.2. The van der Waals surface area contributed by atoms with Crippen LogP contribution in [0.15, 0.2) is 30.3 Å². The van der Waals surface area contributed by atoms with Crippen LogP contribution >= 0.6 is 0 Å². The SMILES string of the molecule is CC(C)(Cc1c(O)ccc2ccc(O)cc12)C(=O)O. The van der Waals surface area contributed by atoms with Gasteiger partial charge in [0.1, 0.15) is 11.5 Å². The van der Waals surface area contributed by atoms with Gasteiger partial charge in [-0.25, -0.2) is 0 Å². The van der Waals surface area contributed by atoms with E-state index in [0.717, 1.165) is 5.39 Å². The summed E-state index contributed by atoms with van der Waals surface area (Å²) in [6.45, 7) is 3.22. The summed E-state index contributed by atoms with van der Waals surface area (Å²) in [7, 11) is 0. The molecule has 4 nitrogen and oxygen atoms in total. The second-order valence-electron chi connectivity index (χ2n) is 5.33. The Hall–Kier alpha value is -2.23. The molecule has 0 amide bonds.